The third kappa shape index (κ3) is 5.29. The molecule has 1 N–H and O–H groups in total. The van der Waals surface area contributed by atoms with Gasteiger partial charge in [0.2, 0.25) is 0 Å². The molecular formula is C37H38N6O2. The number of benzene rings is 3. The van der Waals surface area contributed by atoms with Crippen LogP contribution < -0.4 is 5.32 Å². The number of nitrogens with zero attached hydrogens (tertiary/aromatic N) is 5. The lowest BCUT2D eigenvalue weighted by Crippen LogP contribution is -2.40. The standard InChI is InChI=1S/C37H38N6O2/c1-24-34(42(4)41-40-24)28-22-32-33(38-23-28)30-16-15-27(36(44)39-37(2,3)29-13-9-6-10-14-29)21-31(30)43(32)35(25-11-7-5-8-12-25)26-17-19-45-20-18-26/h5-16,21-23,26,35H,17-20H2,1-4H3,(H,39,44)/t35-/m1/s1. The lowest BCUT2D eigenvalue weighted by atomic mass is 9.86. The molecule has 6 aromatic rings. The van der Waals surface area contributed by atoms with Crippen LogP contribution in [0.4, 0.5) is 0 Å². The van der Waals surface area contributed by atoms with E-state index in [1.807, 2.05) is 82.5 Å². The van der Waals surface area contributed by atoms with Crippen molar-refractivity contribution in [1.29, 1.82) is 0 Å². The molecule has 45 heavy (non-hydrogen) atoms. The number of fused-ring (bicyclic) bond motifs is 3. The molecule has 1 atom stereocenters. The minimum absolute atomic E-state index is 0.0250. The van der Waals surface area contributed by atoms with Crippen molar-refractivity contribution >= 4 is 27.8 Å². The lowest BCUT2D eigenvalue weighted by molar-refractivity contribution is 0.0553. The summed E-state index contributed by atoms with van der Waals surface area (Å²) in [6, 6.07) is 29.0. The van der Waals surface area contributed by atoms with Crippen LogP contribution in [0.2, 0.25) is 0 Å². The van der Waals surface area contributed by atoms with Crippen molar-refractivity contribution in [3.8, 4) is 11.3 Å². The van der Waals surface area contributed by atoms with Gasteiger partial charge in [-0.1, -0.05) is 65.9 Å². The Morgan fingerprint density at radius 2 is 1.67 bits per heavy atom. The Labute approximate surface area is 263 Å². The molecule has 0 bridgehead atoms. The van der Waals surface area contributed by atoms with E-state index < -0.39 is 5.54 Å². The van der Waals surface area contributed by atoms with Crippen LogP contribution in [0.1, 0.15) is 59.9 Å². The zero-order valence-corrected chi connectivity index (χ0v) is 26.2. The van der Waals surface area contributed by atoms with Crippen LogP contribution in [-0.2, 0) is 17.3 Å². The number of hydrogen-bond acceptors (Lipinski definition) is 5. The van der Waals surface area contributed by atoms with E-state index in [2.05, 4.69) is 56.6 Å². The average Bonchev–Trinajstić information content (AvgIpc) is 3.57. The number of aromatic nitrogens is 5. The second-order valence-electron chi connectivity index (χ2n) is 12.6. The van der Waals surface area contributed by atoms with Crippen molar-refractivity contribution in [2.24, 2.45) is 13.0 Å². The minimum Gasteiger partial charge on any atom is -0.381 e. The monoisotopic (exact) mass is 598 g/mol. The van der Waals surface area contributed by atoms with Crippen LogP contribution in [0.25, 0.3) is 33.2 Å². The second kappa shape index (κ2) is 11.6. The van der Waals surface area contributed by atoms with Gasteiger partial charge in [-0.3, -0.25) is 9.78 Å². The van der Waals surface area contributed by atoms with Crippen LogP contribution in [0, 0.1) is 12.8 Å². The summed E-state index contributed by atoms with van der Waals surface area (Å²) in [7, 11) is 1.91. The van der Waals surface area contributed by atoms with Crippen LogP contribution >= 0.6 is 0 Å². The van der Waals surface area contributed by atoms with E-state index >= 15 is 0 Å². The molecule has 0 spiro atoms. The fourth-order valence-electron chi connectivity index (χ4n) is 6.93. The van der Waals surface area contributed by atoms with Gasteiger partial charge in [0.1, 0.15) is 0 Å². The molecule has 0 aliphatic carbocycles. The zero-order chi connectivity index (χ0) is 31.1. The summed E-state index contributed by atoms with van der Waals surface area (Å²) in [6.07, 6.45) is 3.81. The summed E-state index contributed by atoms with van der Waals surface area (Å²) in [5, 5.41) is 12.8. The quantitative estimate of drug-likeness (QED) is 0.214. The number of carbonyl (C=O) groups excluding carboxylic acids is 1. The molecule has 1 amide bonds. The first-order valence-electron chi connectivity index (χ1n) is 15.6. The predicted molar refractivity (Wildman–Crippen MR) is 177 cm³/mol. The smallest absolute Gasteiger partial charge is 0.252 e. The first-order chi connectivity index (χ1) is 21.8. The Bertz CT molecular complexity index is 1970. The molecule has 0 radical (unpaired) electrons. The van der Waals surface area contributed by atoms with Crippen LogP contribution in [0.5, 0.6) is 0 Å². The first kappa shape index (κ1) is 28.9. The van der Waals surface area contributed by atoms with Gasteiger partial charge in [-0.25, -0.2) is 4.68 Å². The number of ether oxygens (including phenoxy) is 1. The first-order valence-corrected chi connectivity index (χ1v) is 15.6. The number of carbonyl (C=O) groups is 1. The summed E-state index contributed by atoms with van der Waals surface area (Å²) < 4.78 is 10.0. The number of nitrogens with one attached hydrogen (secondary N) is 1. The van der Waals surface area contributed by atoms with E-state index in [1.54, 1.807) is 4.68 Å². The highest BCUT2D eigenvalue weighted by Gasteiger charge is 2.31. The Hall–Kier alpha value is -4.82. The van der Waals surface area contributed by atoms with E-state index in [0.29, 0.717) is 11.5 Å². The van der Waals surface area contributed by atoms with Gasteiger partial charge >= 0.3 is 0 Å². The molecule has 0 unspecified atom stereocenters. The topological polar surface area (TPSA) is 86.9 Å². The van der Waals surface area contributed by atoms with Gasteiger partial charge in [-0.05, 0) is 74.9 Å². The predicted octanol–water partition coefficient (Wildman–Crippen LogP) is 6.97. The van der Waals surface area contributed by atoms with Crippen molar-refractivity contribution in [1.82, 2.24) is 29.9 Å². The van der Waals surface area contributed by atoms with Gasteiger partial charge in [0.05, 0.1) is 39.5 Å². The fourth-order valence-corrected chi connectivity index (χ4v) is 6.93. The van der Waals surface area contributed by atoms with E-state index in [-0.39, 0.29) is 11.9 Å². The van der Waals surface area contributed by atoms with Gasteiger partial charge in [0, 0.05) is 43.0 Å². The number of rotatable bonds is 7. The highest BCUT2D eigenvalue weighted by molar-refractivity contribution is 6.09. The highest BCUT2D eigenvalue weighted by Crippen LogP contribution is 2.41. The molecule has 8 heteroatoms. The number of pyridine rings is 1. The molecule has 1 aliphatic rings. The van der Waals surface area contributed by atoms with Gasteiger partial charge in [-0.2, -0.15) is 0 Å². The van der Waals surface area contributed by atoms with Gasteiger partial charge in [-0.15, -0.1) is 5.10 Å². The molecule has 1 aliphatic heterocycles. The van der Waals surface area contributed by atoms with E-state index in [1.165, 1.54) is 5.56 Å². The van der Waals surface area contributed by atoms with E-state index in [9.17, 15) is 4.79 Å². The fraction of sp³-hybridized carbons (Fsp3) is 0.297. The summed E-state index contributed by atoms with van der Waals surface area (Å²) in [5.41, 5.74) is 8.01. The Morgan fingerprint density at radius 3 is 2.36 bits per heavy atom. The van der Waals surface area contributed by atoms with E-state index in [0.717, 1.165) is 70.5 Å². The molecule has 3 aromatic carbocycles. The molecule has 8 nitrogen and oxygen atoms in total. The Morgan fingerprint density at radius 1 is 0.956 bits per heavy atom. The molecule has 228 valence electrons. The zero-order valence-electron chi connectivity index (χ0n) is 26.2. The lowest BCUT2D eigenvalue weighted by Gasteiger charge is -2.33. The van der Waals surface area contributed by atoms with Gasteiger partial charge in [0.25, 0.3) is 5.91 Å². The molecule has 3 aromatic heterocycles. The van der Waals surface area contributed by atoms with Crippen LogP contribution in [-0.4, -0.2) is 43.7 Å². The van der Waals surface area contributed by atoms with E-state index in [4.69, 9.17) is 9.72 Å². The molecular weight excluding hydrogens is 560 g/mol. The molecule has 4 heterocycles. The maximum absolute atomic E-state index is 13.9. The van der Waals surface area contributed by atoms with Crippen molar-refractivity contribution in [3.63, 3.8) is 0 Å². The van der Waals surface area contributed by atoms with Crippen molar-refractivity contribution in [3.05, 3.63) is 114 Å². The molecule has 1 saturated heterocycles. The number of amides is 1. The normalized spacial score (nSPS) is 15.0. The summed E-state index contributed by atoms with van der Waals surface area (Å²) in [5.74, 6) is 0.230. The number of hydrogen-bond donors (Lipinski definition) is 1. The minimum atomic E-state index is -0.542. The third-order valence-electron chi connectivity index (χ3n) is 9.22. The maximum atomic E-state index is 13.9. The maximum Gasteiger partial charge on any atom is 0.252 e. The van der Waals surface area contributed by atoms with Crippen molar-refractivity contribution in [2.45, 2.75) is 45.2 Å². The number of aryl methyl sites for hydroxylation is 2. The van der Waals surface area contributed by atoms with Crippen LogP contribution in [0.15, 0.2) is 91.1 Å². The van der Waals surface area contributed by atoms with Gasteiger partial charge < -0.3 is 14.6 Å². The molecule has 0 saturated carbocycles. The Kier molecular flexibility index (Phi) is 7.45. The molecule has 7 rings (SSSR count). The summed E-state index contributed by atoms with van der Waals surface area (Å²) in [6.45, 7) is 7.51. The summed E-state index contributed by atoms with van der Waals surface area (Å²) >= 11 is 0. The van der Waals surface area contributed by atoms with Gasteiger partial charge in [0.15, 0.2) is 0 Å². The Balaban J connectivity index is 1.44. The van der Waals surface area contributed by atoms with Crippen molar-refractivity contribution in [2.75, 3.05) is 13.2 Å². The second-order valence-corrected chi connectivity index (χ2v) is 12.6. The summed E-state index contributed by atoms with van der Waals surface area (Å²) in [4.78, 5) is 18.9. The third-order valence-corrected chi connectivity index (χ3v) is 9.22. The molecule has 1 fully saturated rings. The largest absolute Gasteiger partial charge is 0.381 e. The van der Waals surface area contributed by atoms with Crippen molar-refractivity contribution < 1.29 is 9.53 Å². The average molecular weight is 599 g/mol. The highest BCUT2D eigenvalue weighted by atomic mass is 16.5. The SMILES string of the molecule is Cc1nnn(C)c1-c1cnc2c3ccc(C(=O)NC(C)(C)c4ccccc4)cc3n([C@H](c3ccccc3)C3CCOCC3)c2c1. The van der Waals surface area contributed by atoms with Crippen LogP contribution in [0.3, 0.4) is 0 Å².